The average molecular weight is 270 g/mol. The molecule has 0 saturated heterocycles. The maximum absolute atomic E-state index is 10.8. The summed E-state index contributed by atoms with van der Waals surface area (Å²) in [5.41, 5.74) is 1.28. The summed E-state index contributed by atoms with van der Waals surface area (Å²) in [7, 11) is -3.31. The van der Waals surface area contributed by atoms with Gasteiger partial charge in [0.2, 0.25) is 10.0 Å². The Morgan fingerprint density at radius 2 is 1.83 bits per heavy atom. The van der Waals surface area contributed by atoms with Crippen molar-refractivity contribution in [3.05, 3.63) is 35.9 Å². The van der Waals surface area contributed by atoms with E-state index in [1.807, 2.05) is 18.2 Å². The standard InChI is InChI=1S/C13H22N2O2S/c1-2-15(10-6-7-11-18(14,16)17)12-13-8-4-3-5-9-13/h3-5,8-9H,2,6-7,10-12H2,1H3,(H2,14,16,17). The van der Waals surface area contributed by atoms with Crippen LogP contribution in [0.4, 0.5) is 0 Å². The van der Waals surface area contributed by atoms with Gasteiger partial charge in [-0.1, -0.05) is 37.3 Å². The first kappa shape index (κ1) is 15.1. The van der Waals surface area contributed by atoms with Gasteiger partial charge in [-0.15, -0.1) is 0 Å². The second-order valence-corrected chi connectivity index (χ2v) is 6.16. The van der Waals surface area contributed by atoms with E-state index in [1.165, 1.54) is 5.56 Å². The van der Waals surface area contributed by atoms with Crippen molar-refractivity contribution in [1.29, 1.82) is 0 Å². The number of unbranched alkanes of at least 4 members (excludes halogenated alkanes) is 1. The summed E-state index contributed by atoms with van der Waals surface area (Å²) >= 11 is 0. The Labute approximate surface area is 110 Å². The van der Waals surface area contributed by atoms with E-state index in [4.69, 9.17) is 5.14 Å². The first-order valence-corrected chi connectivity index (χ1v) is 7.99. The molecular formula is C13H22N2O2S. The van der Waals surface area contributed by atoms with Gasteiger partial charge in [-0.2, -0.15) is 0 Å². The van der Waals surface area contributed by atoms with Gasteiger partial charge >= 0.3 is 0 Å². The van der Waals surface area contributed by atoms with Crippen molar-refractivity contribution < 1.29 is 8.42 Å². The third-order valence-corrected chi connectivity index (χ3v) is 3.71. The zero-order valence-corrected chi connectivity index (χ0v) is 11.7. The third kappa shape index (κ3) is 6.74. The number of primary sulfonamides is 1. The molecule has 4 nitrogen and oxygen atoms in total. The van der Waals surface area contributed by atoms with E-state index in [-0.39, 0.29) is 5.75 Å². The lowest BCUT2D eigenvalue weighted by molar-refractivity contribution is 0.275. The van der Waals surface area contributed by atoms with E-state index in [9.17, 15) is 8.42 Å². The quantitative estimate of drug-likeness (QED) is 0.729. The molecule has 0 aromatic heterocycles. The van der Waals surface area contributed by atoms with E-state index in [0.29, 0.717) is 6.42 Å². The van der Waals surface area contributed by atoms with Crippen LogP contribution >= 0.6 is 0 Å². The molecule has 0 aliphatic rings. The molecule has 2 N–H and O–H groups in total. The Balaban J connectivity index is 2.30. The van der Waals surface area contributed by atoms with Gasteiger partial charge in [0.15, 0.2) is 0 Å². The van der Waals surface area contributed by atoms with Crippen LogP contribution in [0.25, 0.3) is 0 Å². The molecule has 1 rings (SSSR count). The minimum atomic E-state index is -3.31. The largest absolute Gasteiger partial charge is 0.299 e. The number of nitrogens with zero attached hydrogens (tertiary/aromatic N) is 1. The van der Waals surface area contributed by atoms with Crippen molar-refractivity contribution in [2.75, 3.05) is 18.8 Å². The Morgan fingerprint density at radius 1 is 1.17 bits per heavy atom. The smallest absolute Gasteiger partial charge is 0.209 e. The van der Waals surface area contributed by atoms with Gasteiger partial charge in [0, 0.05) is 6.54 Å². The molecule has 0 spiro atoms. The van der Waals surface area contributed by atoms with Gasteiger partial charge in [0.1, 0.15) is 0 Å². The predicted octanol–water partition coefficient (Wildman–Crippen LogP) is 1.58. The number of rotatable bonds is 8. The van der Waals surface area contributed by atoms with Gasteiger partial charge in [0.05, 0.1) is 5.75 Å². The molecule has 0 atom stereocenters. The zero-order valence-electron chi connectivity index (χ0n) is 10.9. The third-order valence-electron chi connectivity index (χ3n) is 2.85. The van der Waals surface area contributed by atoms with E-state index >= 15 is 0 Å². The van der Waals surface area contributed by atoms with Crippen LogP contribution in [0.15, 0.2) is 30.3 Å². The van der Waals surface area contributed by atoms with E-state index < -0.39 is 10.0 Å². The summed E-state index contributed by atoms with van der Waals surface area (Å²) < 4.78 is 21.6. The Bertz CT molecular complexity index is 432. The highest BCUT2D eigenvalue weighted by molar-refractivity contribution is 7.89. The van der Waals surface area contributed by atoms with Gasteiger partial charge in [-0.25, -0.2) is 13.6 Å². The van der Waals surface area contributed by atoms with Crippen LogP contribution in [0.2, 0.25) is 0 Å². The molecule has 0 bridgehead atoms. The molecular weight excluding hydrogens is 248 g/mol. The van der Waals surface area contributed by atoms with Crippen LogP contribution in [-0.2, 0) is 16.6 Å². The minimum Gasteiger partial charge on any atom is -0.299 e. The van der Waals surface area contributed by atoms with Crippen molar-refractivity contribution in [3.63, 3.8) is 0 Å². The van der Waals surface area contributed by atoms with E-state index in [0.717, 1.165) is 26.1 Å². The van der Waals surface area contributed by atoms with Crippen molar-refractivity contribution in [2.45, 2.75) is 26.3 Å². The lowest BCUT2D eigenvalue weighted by Crippen LogP contribution is -2.25. The fourth-order valence-corrected chi connectivity index (χ4v) is 2.44. The lowest BCUT2D eigenvalue weighted by atomic mass is 10.2. The SMILES string of the molecule is CCN(CCCCS(N)(=O)=O)Cc1ccccc1. The molecule has 18 heavy (non-hydrogen) atoms. The van der Waals surface area contributed by atoms with Crippen molar-refractivity contribution in [1.82, 2.24) is 4.90 Å². The molecule has 0 fully saturated rings. The second kappa shape index (κ2) is 7.51. The van der Waals surface area contributed by atoms with Crippen LogP contribution < -0.4 is 5.14 Å². The second-order valence-electron chi connectivity index (χ2n) is 4.43. The van der Waals surface area contributed by atoms with Crippen molar-refractivity contribution in [3.8, 4) is 0 Å². The van der Waals surface area contributed by atoms with Crippen LogP contribution in [0.3, 0.4) is 0 Å². The predicted molar refractivity (Wildman–Crippen MR) is 74.6 cm³/mol. The zero-order chi connectivity index (χ0) is 13.4. The molecule has 0 amide bonds. The molecule has 102 valence electrons. The Hall–Kier alpha value is -0.910. The number of hydrogen-bond acceptors (Lipinski definition) is 3. The number of nitrogens with two attached hydrogens (primary N) is 1. The molecule has 0 aliphatic heterocycles. The molecule has 0 heterocycles. The minimum absolute atomic E-state index is 0.0793. The monoisotopic (exact) mass is 270 g/mol. The normalized spacial score (nSPS) is 11.9. The lowest BCUT2D eigenvalue weighted by Gasteiger charge is -2.20. The van der Waals surface area contributed by atoms with Crippen LogP contribution in [0.1, 0.15) is 25.3 Å². The summed E-state index contributed by atoms with van der Waals surface area (Å²) in [6.45, 7) is 4.89. The highest BCUT2D eigenvalue weighted by Crippen LogP contribution is 2.05. The molecule has 5 heteroatoms. The first-order chi connectivity index (χ1) is 8.51. The molecule has 0 saturated carbocycles. The van der Waals surface area contributed by atoms with Crippen molar-refractivity contribution in [2.24, 2.45) is 5.14 Å². The molecule has 0 unspecified atom stereocenters. The van der Waals surface area contributed by atoms with Gasteiger partial charge in [0.25, 0.3) is 0 Å². The number of hydrogen-bond donors (Lipinski definition) is 1. The molecule has 1 aromatic rings. The summed E-state index contributed by atoms with van der Waals surface area (Å²) in [6.07, 6.45) is 1.49. The first-order valence-electron chi connectivity index (χ1n) is 6.28. The van der Waals surface area contributed by atoms with Crippen LogP contribution in [0, 0.1) is 0 Å². The highest BCUT2D eigenvalue weighted by Gasteiger charge is 2.05. The van der Waals surface area contributed by atoms with Crippen LogP contribution in [-0.4, -0.2) is 32.2 Å². The fraction of sp³-hybridized carbons (Fsp3) is 0.538. The van der Waals surface area contributed by atoms with E-state index in [1.54, 1.807) is 0 Å². The van der Waals surface area contributed by atoms with Crippen LogP contribution in [0.5, 0.6) is 0 Å². The number of sulfonamides is 1. The maximum atomic E-state index is 10.8. The molecule has 0 radical (unpaired) electrons. The maximum Gasteiger partial charge on any atom is 0.209 e. The average Bonchev–Trinajstić information content (AvgIpc) is 2.33. The topological polar surface area (TPSA) is 63.4 Å². The number of benzene rings is 1. The Kier molecular flexibility index (Phi) is 6.32. The molecule has 1 aromatic carbocycles. The summed E-state index contributed by atoms with van der Waals surface area (Å²) in [6, 6.07) is 10.3. The highest BCUT2D eigenvalue weighted by atomic mass is 32.2. The summed E-state index contributed by atoms with van der Waals surface area (Å²) in [4.78, 5) is 2.30. The summed E-state index contributed by atoms with van der Waals surface area (Å²) in [5, 5.41) is 4.97. The fourth-order valence-electron chi connectivity index (χ4n) is 1.83. The van der Waals surface area contributed by atoms with Crippen molar-refractivity contribution >= 4 is 10.0 Å². The van der Waals surface area contributed by atoms with E-state index in [2.05, 4.69) is 24.0 Å². The molecule has 0 aliphatic carbocycles. The Morgan fingerprint density at radius 3 is 2.39 bits per heavy atom. The van der Waals surface area contributed by atoms with Gasteiger partial charge in [-0.3, -0.25) is 4.90 Å². The van der Waals surface area contributed by atoms with Gasteiger partial charge < -0.3 is 0 Å². The summed E-state index contributed by atoms with van der Waals surface area (Å²) in [5.74, 6) is 0.0793. The van der Waals surface area contributed by atoms with Gasteiger partial charge in [-0.05, 0) is 31.5 Å².